The van der Waals surface area contributed by atoms with Crippen LogP contribution in [0.3, 0.4) is 0 Å². The SMILES string of the molecule is O=C(NC1CCC(Oc2ncc(Cl)cn2)CC1)C1CC(=O)N(c2ccc(F)cc2)C1. The van der Waals surface area contributed by atoms with Gasteiger partial charge in [-0.1, -0.05) is 11.6 Å². The highest BCUT2D eigenvalue weighted by Crippen LogP contribution is 2.27. The number of rotatable bonds is 5. The zero-order chi connectivity index (χ0) is 21.1. The lowest BCUT2D eigenvalue weighted by Gasteiger charge is -2.29. The zero-order valence-corrected chi connectivity index (χ0v) is 17.0. The van der Waals surface area contributed by atoms with Gasteiger partial charge in [0.1, 0.15) is 11.9 Å². The van der Waals surface area contributed by atoms with Crippen molar-refractivity contribution in [3.05, 3.63) is 47.5 Å². The number of hydrogen-bond donors (Lipinski definition) is 1. The summed E-state index contributed by atoms with van der Waals surface area (Å²) in [5.41, 5.74) is 0.610. The van der Waals surface area contributed by atoms with Crippen LogP contribution in [0, 0.1) is 11.7 Å². The molecule has 1 aliphatic heterocycles. The monoisotopic (exact) mass is 432 g/mol. The topological polar surface area (TPSA) is 84.4 Å². The second-order valence-corrected chi connectivity index (χ2v) is 8.10. The normalized spacial score (nSPS) is 24.0. The van der Waals surface area contributed by atoms with Crippen LogP contribution in [0.1, 0.15) is 32.1 Å². The van der Waals surface area contributed by atoms with E-state index in [1.54, 1.807) is 17.0 Å². The van der Waals surface area contributed by atoms with Crippen LogP contribution in [0.2, 0.25) is 5.02 Å². The third-order valence-electron chi connectivity index (χ3n) is 5.52. The van der Waals surface area contributed by atoms with Crippen molar-refractivity contribution in [3.63, 3.8) is 0 Å². The molecule has 1 aromatic carbocycles. The predicted octanol–water partition coefficient (Wildman–Crippen LogP) is 3.13. The summed E-state index contributed by atoms with van der Waals surface area (Å²) in [7, 11) is 0. The molecule has 1 saturated carbocycles. The van der Waals surface area contributed by atoms with E-state index in [0.29, 0.717) is 23.3 Å². The fourth-order valence-corrected chi connectivity index (χ4v) is 4.01. The van der Waals surface area contributed by atoms with Gasteiger partial charge in [0, 0.05) is 24.7 Å². The summed E-state index contributed by atoms with van der Waals surface area (Å²) < 4.78 is 18.9. The molecular formula is C21H22ClFN4O3. The first-order valence-electron chi connectivity index (χ1n) is 9.98. The highest BCUT2D eigenvalue weighted by molar-refractivity contribution is 6.30. The van der Waals surface area contributed by atoms with Gasteiger partial charge >= 0.3 is 6.01 Å². The Morgan fingerprint density at radius 3 is 2.47 bits per heavy atom. The zero-order valence-electron chi connectivity index (χ0n) is 16.3. The van der Waals surface area contributed by atoms with Crippen LogP contribution >= 0.6 is 11.6 Å². The predicted molar refractivity (Wildman–Crippen MR) is 109 cm³/mol. The number of amides is 2. The fourth-order valence-electron chi connectivity index (χ4n) is 3.91. The van der Waals surface area contributed by atoms with Crippen molar-refractivity contribution in [2.24, 2.45) is 5.92 Å². The second kappa shape index (κ2) is 8.95. The van der Waals surface area contributed by atoms with Gasteiger partial charge in [-0.15, -0.1) is 0 Å². The second-order valence-electron chi connectivity index (χ2n) is 7.67. The minimum atomic E-state index is -0.404. The number of halogens is 2. The van der Waals surface area contributed by atoms with Gasteiger partial charge in [0.15, 0.2) is 0 Å². The van der Waals surface area contributed by atoms with Crippen LogP contribution in [0.5, 0.6) is 6.01 Å². The van der Waals surface area contributed by atoms with Crippen LogP contribution < -0.4 is 15.0 Å². The van der Waals surface area contributed by atoms with E-state index < -0.39 is 5.92 Å². The third kappa shape index (κ3) is 4.87. The van der Waals surface area contributed by atoms with E-state index in [2.05, 4.69) is 15.3 Å². The number of carbonyl (C=O) groups excluding carboxylic acids is 2. The smallest absolute Gasteiger partial charge is 0.316 e. The summed E-state index contributed by atoms with van der Waals surface area (Å²) >= 11 is 5.78. The van der Waals surface area contributed by atoms with E-state index >= 15 is 0 Å². The maximum absolute atomic E-state index is 13.1. The molecule has 30 heavy (non-hydrogen) atoms. The molecule has 1 aromatic heterocycles. The summed E-state index contributed by atoms with van der Waals surface area (Å²) in [6, 6.07) is 6.09. The first kappa shape index (κ1) is 20.5. The summed E-state index contributed by atoms with van der Waals surface area (Å²) in [5, 5.41) is 3.53. The lowest BCUT2D eigenvalue weighted by molar-refractivity contribution is -0.127. The summed E-state index contributed by atoms with van der Waals surface area (Å²) in [5.74, 6) is -0.999. The molecule has 1 unspecified atom stereocenters. The van der Waals surface area contributed by atoms with Gasteiger partial charge in [0.05, 0.1) is 23.3 Å². The van der Waals surface area contributed by atoms with Crippen molar-refractivity contribution in [2.45, 2.75) is 44.2 Å². The van der Waals surface area contributed by atoms with Crippen LogP contribution in [0.15, 0.2) is 36.7 Å². The Balaban J connectivity index is 1.25. The van der Waals surface area contributed by atoms with Crippen molar-refractivity contribution in [1.29, 1.82) is 0 Å². The molecule has 2 heterocycles. The van der Waals surface area contributed by atoms with Gasteiger partial charge in [0.2, 0.25) is 11.8 Å². The maximum atomic E-state index is 13.1. The molecule has 1 atom stereocenters. The lowest BCUT2D eigenvalue weighted by Crippen LogP contribution is -2.43. The quantitative estimate of drug-likeness (QED) is 0.784. The Morgan fingerprint density at radius 2 is 1.80 bits per heavy atom. The highest BCUT2D eigenvalue weighted by atomic mass is 35.5. The lowest BCUT2D eigenvalue weighted by atomic mass is 9.92. The first-order valence-corrected chi connectivity index (χ1v) is 10.4. The third-order valence-corrected chi connectivity index (χ3v) is 5.72. The van der Waals surface area contributed by atoms with E-state index in [1.165, 1.54) is 24.5 Å². The van der Waals surface area contributed by atoms with Crippen molar-refractivity contribution in [2.75, 3.05) is 11.4 Å². The van der Waals surface area contributed by atoms with Crippen LogP contribution in [0.25, 0.3) is 0 Å². The molecule has 4 rings (SSSR count). The number of ether oxygens (including phenoxy) is 1. The molecule has 7 nitrogen and oxygen atoms in total. The molecule has 0 radical (unpaired) electrons. The van der Waals surface area contributed by atoms with Crippen LogP contribution in [0.4, 0.5) is 10.1 Å². The molecule has 2 aliphatic rings. The van der Waals surface area contributed by atoms with Gasteiger partial charge in [-0.25, -0.2) is 14.4 Å². The van der Waals surface area contributed by atoms with Crippen LogP contribution in [-0.2, 0) is 9.59 Å². The molecular weight excluding hydrogens is 411 g/mol. The number of aromatic nitrogens is 2. The van der Waals surface area contributed by atoms with E-state index in [4.69, 9.17) is 16.3 Å². The number of carbonyl (C=O) groups is 2. The van der Waals surface area contributed by atoms with E-state index in [9.17, 15) is 14.0 Å². The van der Waals surface area contributed by atoms with Gasteiger partial charge in [-0.2, -0.15) is 0 Å². The first-order chi connectivity index (χ1) is 14.5. The Morgan fingerprint density at radius 1 is 1.13 bits per heavy atom. The van der Waals surface area contributed by atoms with Crippen LogP contribution in [-0.4, -0.2) is 40.5 Å². The molecule has 2 fully saturated rings. The Bertz CT molecular complexity index is 901. The van der Waals surface area contributed by atoms with Crippen molar-refractivity contribution in [3.8, 4) is 6.01 Å². The minimum absolute atomic E-state index is 0.00125. The standard InChI is InChI=1S/C21H22ClFN4O3/c22-14-10-24-21(25-11-14)30-18-7-3-16(4-8-18)26-20(29)13-9-19(28)27(12-13)17-5-1-15(23)2-6-17/h1-2,5-6,10-11,13,16,18H,3-4,7-9,12H2,(H,26,29). The maximum Gasteiger partial charge on any atom is 0.316 e. The molecule has 1 N–H and O–H groups in total. The number of nitrogens with zero attached hydrogens (tertiary/aromatic N) is 3. The average molecular weight is 433 g/mol. The average Bonchev–Trinajstić information content (AvgIpc) is 3.13. The highest BCUT2D eigenvalue weighted by Gasteiger charge is 2.36. The molecule has 2 aromatic rings. The van der Waals surface area contributed by atoms with Gasteiger partial charge < -0.3 is 15.0 Å². The molecule has 2 amide bonds. The van der Waals surface area contributed by atoms with Gasteiger partial charge in [-0.05, 0) is 49.9 Å². The Labute approximate surface area is 178 Å². The van der Waals surface area contributed by atoms with Gasteiger partial charge in [0.25, 0.3) is 0 Å². The number of anilines is 1. The van der Waals surface area contributed by atoms with Crippen molar-refractivity contribution >= 4 is 29.1 Å². The minimum Gasteiger partial charge on any atom is -0.460 e. The number of hydrogen-bond acceptors (Lipinski definition) is 5. The number of nitrogens with one attached hydrogen (secondary N) is 1. The van der Waals surface area contributed by atoms with Gasteiger partial charge in [-0.3, -0.25) is 9.59 Å². The van der Waals surface area contributed by atoms with E-state index in [-0.39, 0.29) is 36.2 Å². The van der Waals surface area contributed by atoms with E-state index in [0.717, 1.165) is 25.7 Å². The number of benzene rings is 1. The molecule has 0 spiro atoms. The molecule has 0 bridgehead atoms. The summed E-state index contributed by atoms with van der Waals surface area (Å²) in [4.78, 5) is 34.6. The molecule has 1 aliphatic carbocycles. The fraction of sp³-hybridized carbons (Fsp3) is 0.429. The van der Waals surface area contributed by atoms with Crippen molar-refractivity contribution < 1.29 is 18.7 Å². The Hall–Kier alpha value is -2.74. The largest absolute Gasteiger partial charge is 0.460 e. The Kier molecular flexibility index (Phi) is 6.13. The molecule has 1 saturated heterocycles. The summed E-state index contributed by atoms with van der Waals surface area (Å²) in [6.45, 7) is 0.308. The van der Waals surface area contributed by atoms with Crippen molar-refractivity contribution in [1.82, 2.24) is 15.3 Å². The summed E-state index contributed by atoms with van der Waals surface area (Å²) in [6.07, 6.45) is 6.28. The van der Waals surface area contributed by atoms with E-state index in [1.807, 2.05) is 0 Å². The molecule has 158 valence electrons. The molecule has 9 heteroatoms.